The van der Waals surface area contributed by atoms with Crippen molar-refractivity contribution < 1.29 is 17.9 Å². The predicted molar refractivity (Wildman–Crippen MR) is 66.2 cm³/mol. The topological polar surface area (TPSA) is 34.1 Å². The van der Waals surface area contributed by atoms with E-state index in [0.717, 1.165) is 12.1 Å². The first-order valence-corrected chi connectivity index (χ1v) is 6.36. The molecule has 2 rings (SSSR count). The number of nitrogens with one attached hydrogen (secondary N) is 1. The van der Waals surface area contributed by atoms with Crippen molar-refractivity contribution >= 4 is 5.69 Å². The van der Waals surface area contributed by atoms with Crippen LogP contribution in [0.15, 0.2) is 18.3 Å². The fourth-order valence-corrected chi connectivity index (χ4v) is 2.28. The monoisotopic (exact) mass is 274 g/mol. The molecule has 1 aromatic heterocycles. The smallest absolute Gasteiger partial charge is 0.422 e. The third-order valence-electron chi connectivity index (χ3n) is 3.33. The number of nitrogens with zero attached hydrogens (tertiary/aromatic N) is 1. The van der Waals surface area contributed by atoms with Gasteiger partial charge in [0.2, 0.25) is 5.88 Å². The molecule has 0 aromatic carbocycles. The van der Waals surface area contributed by atoms with Gasteiger partial charge in [-0.2, -0.15) is 13.2 Å². The maximum atomic E-state index is 12.0. The van der Waals surface area contributed by atoms with Crippen LogP contribution in [0.5, 0.6) is 5.88 Å². The van der Waals surface area contributed by atoms with Gasteiger partial charge in [-0.05, 0) is 24.8 Å². The summed E-state index contributed by atoms with van der Waals surface area (Å²) in [5.41, 5.74) is 0.818. The van der Waals surface area contributed by atoms with E-state index in [9.17, 15) is 13.2 Å². The molecular formula is C13H17F3N2O. The molecule has 0 radical (unpaired) electrons. The molecular weight excluding hydrogens is 257 g/mol. The zero-order valence-electron chi connectivity index (χ0n) is 10.7. The van der Waals surface area contributed by atoms with Crippen LogP contribution in [0.1, 0.15) is 26.2 Å². The van der Waals surface area contributed by atoms with Crippen molar-refractivity contribution in [2.75, 3.05) is 11.9 Å². The molecule has 6 heteroatoms. The van der Waals surface area contributed by atoms with E-state index in [-0.39, 0.29) is 5.88 Å². The van der Waals surface area contributed by atoms with Crippen LogP contribution < -0.4 is 10.1 Å². The highest BCUT2D eigenvalue weighted by Crippen LogP contribution is 2.28. The quantitative estimate of drug-likeness (QED) is 0.910. The Hall–Kier alpha value is -1.46. The summed E-state index contributed by atoms with van der Waals surface area (Å²) in [4.78, 5) is 3.86. The van der Waals surface area contributed by atoms with Crippen molar-refractivity contribution in [3.05, 3.63) is 18.3 Å². The van der Waals surface area contributed by atoms with E-state index in [1.807, 2.05) is 0 Å². The van der Waals surface area contributed by atoms with E-state index in [1.165, 1.54) is 25.1 Å². The molecule has 106 valence electrons. The summed E-state index contributed by atoms with van der Waals surface area (Å²) in [7, 11) is 0. The lowest BCUT2D eigenvalue weighted by Gasteiger charge is -2.18. The average Bonchev–Trinajstić information content (AvgIpc) is 2.73. The molecule has 1 fully saturated rings. The van der Waals surface area contributed by atoms with E-state index < -0.39 is 12.8 Å². The summed E-state index contributed by atoms with van der Waals surface area (Å²) in [5.74, 6) is 0.600. The van der Waals surface area contributed by atoms with Gasteiger partial charge in [-0.1, -0.05) is 13.3 Å². The number of pyridine rings is 1. The number of anilines is 1. The van der Waals surface area contributed by atoms with E-state index >= 15 is 0 Å². The van der Waals surface area contributed by atoms with Crippen LogP contribution in [0, 0.1) is 5.92 Å². The molecule has 1 N–H and O–H groups in total. The van der Waals surface area contributed by atoms with Gasteiger partial charge in [0.25, 0.3) is 0 Å². The molecule has 0 spiro atoms. The van der Waals surface area contributed by atoms with E-state index in [2.05, 4.69) is 22.0 Å². The van der Waals surface area contributed by atoms with Crippen LogP contribution in [-0.4, -0.2) is 23.8 Å². The van der Waals surface area contributed by atoms with Crippen LogP contribution in [0.25, 0.3) is 0 Å². The third kappa shape index (κ3) is 4.29. The number of ether oxygens (including phenoxy) is 1. The number of alkyl halides is 3. The van der Waals surface area contributed by atoms with Crippen LogP contribution in [0.3, 0.4) is 0 Å². The number of rotatable bonds is 4. The van der Waals surface area contributed by atoms with Crippen molar-refractivity contribution in [2.24, 2.45) is 5.92 Å². The lowest BCUT2D eigenvalue weighted by atomic mass is 10.1. The van der Waals surface area contributed by atoms with E-state index in [4.69, 9.17) is 0 Å². The molecule has 0 amide bonds. The van der Waals surface area contributed by atoms with E-state index in [1.54, 1.807) is 6.07 Å². The van der Waals surface area contributed by atoms with Gasteiger partial charge in [0.05, 0.1) is 11.9 Å². The summed E-state index contributed by atoms with van der Waals surface area (Å²) in [6.45, 7) is 0.880. The molecule has 0 aliphatic heterocycles. The van der Waals surface area contributed by atoms with Crippen molar-refractivity contribution in [3.63, 3.8) is 0 Å². The van der Waals surface area contributed by atoms with Crippen molar-refractivity contribution in [1.82, 2.24) is 4.98 Å². The normalized spacial score (nSPS) is 23.4. The molecule has 1 aromatic rings. The number of hydrogen-bond donors (Lipinski definition) is 1. The first-order valence-electron chi connectivity index (χ1n) is 6.36. The summed E-state index contributed by atoms with van der Waals surface area (Å²) < 4.78 is 40.5. The highest BCUT2D eigenvalue weighted by molar-refractivity contribution is 5.43. The van der Waals surface area contributed by atoms with Gasteiger partial charge in [-0.3, -0.25) is 0 Å². The van der Waals surface area contributed by atoms with Gasteiger partial charge in [0, 0.05) is 12.1 Å². The Kier molecular flexibility index (Phi) is 4.17. The minimum Gasteiger partial charge on any atom is -0.468 e. The molecule has 3 nitrogen and oxygen atoms in total. The van der Waals surface area contributed by atoms with Gasteiger partial charge < -0.3 is 10.1 Å². The van der Waals surface area contributed by atoms with Gasteiger partial charge >= 0.3 is 6.18 Å². The zero-order chi connectivity index (χ0) is 13.9. The molecule has 2 atom stereocenters. The highest BCUT2D eigenvalue weighted by Gasteiger charge is 2.28. The van der Waals surface area contributed by atoms with Crippen LogP contribution in [-0.2, 0) is 0 Å². The molecule has 0 saturated heterocycles. The van der Waals surface area contributed by atoms with Crippen LogP contribution in [0.2, 0.25) is 0 Å². The Morgan fingerprint density at radius 2 is 2.16 bits per heavy atom. The van der Waals surface area contributed by atoms with E-state index in [0.29, 0.717) is 12.0 Å². The van der Waals surface area contributed by atoms with Gasteiger partial charge in [0.15, 0.2) is 6.61 Å². The van der Waals surface area contributed by atoms with Crippen molar-refractivity contribution in [2.45, 2.75) is 38.4 Å². The van der Waals surface area contributed by atoms with Gasteiger partial charge in [0.1, 0.15) is 0 Å². The fraction of sp³-hybridized carbons (Fsp3) is 0.615. The number of halogens is 3. The Morgan fingerprint density at radius 3 is 2.68 bits per heavy atom. The van der Waals surface area contributed by atoms with Crippen molar-refractivity contribution in [3.8, 4) is 5.88 Å². The minimum absolute atomic E-state index is 0.0117. The molecule has 19 heavy (non-hydrogen) atoms. The molecule has 2 unspecified atom stereocenters. The molecule has 1 aliphatic carbocycles. The Bertz CT molecular complexity index is 405. The SMILES string of the molecule is CC1CCCC1Nc1ccc(OCC(F)(F)F)nc1. The Morgan fingerprint density at radius 1 is 1.37 bits per heavy atom. The predicted octanol–water partition coefficient (Wildman–Crippen LogP) is 3.62. The van der Waals surface area contributed by atoms with Crippen molar-refractivity contribution in [1.29, 1.82) is 0 Å². The lowest BCUT2D eigenvalue weighted by molar-refractivity contribution is -0.154. The average molecular weight is 274 g/mol. The Balaban J connectivity index is 1.87. The van der Waals surface area contributed by atoms with Gasteiger partial charge in [-0.25, -0.2) is 4.98 Å². The fourth-order valence-electron chi connectivity index (χ4n) is 2.28. The lowest BCUT2D eigenvalue weighted by Crippen LogP contribution is -2.22. The largest absolute Gasteiger partial charge is 0.468 e. The highest BCUT2D eigenvalue weighted by atomic mass is 19.4. The molecule has 1 saturated carbocycles. The maximum absolute atomic E-state index is 12.0. The Labute approximate surface area is 110 Å². The minimum atomic E-state index is -4.34. The summed E-state index contributed by atoms with van der Waals surface area (Å²) in [5, 5.41) is 3.35. The first-order chi connectivity index (χ1) is 8.94. The molecule has 1 heterocycles. The molecule has 1 aliphatic rings. The molecule has 0 bridgehead atoms. The second kappa shape index (κ2) is 5.67. The van der Waals surface area contributed by atoms with Gasteiger partial charge in [-0.15, -0.1) is 0 Å². The summed E-state index contributed by atoms with van der Waals surface area (Å²) >= 11 is 0. The number of hydrogen-bond acceptors (Lipinski definition) is 3. The maximum Gasteiger partial charge on any atom is 0.422 e. The zero-order valence-corrected chi connectivity index (χ0v) is 10.7. The third-order valence-corrected chi connectivity index (χ3v) is 3.33. The second-order valence-electron chi connectivity index (χ2n) is 4.95. The second-order valence-corrected chi connectivity index (χ2v) is 4.95. The standard InChI is InChI=1S/C13H17F3N2O/c1-9-3-2-4-11(9)18-10-5-6-12(17-7-10)19-8-13(14,15)16/h5-7,9,11,18H,2-4,8H2,1H3. The first kappa shape index (κ1) is 14.0. The summed E-state index contributed by atoms with van der Waals surface area (Å²) in [6, 6.07) is 3.57. The van der Waals surface area contributed by atoms with Crippen LogP contribution in [0.4, 0.5) is 18.9 Å². The number of aromatic nitrogens is 1. The van der Waals surface area contributed by atoms with Crippen LogP contribution >= 0.6 is 0 Å². The summed E-state index contributed by atoms with van der Waals surface area (Å²) in [6.07, 6.45) is 0.707.